The van der Waals surface area contributed by atoms with Crippen molar-refractivity contribution in [3.8, 4) is 16.9 Å². The van der Waals surface area contributed by atoms with Gasteiger partial charge in [-0.1, -0.05) is 12.1 Å². The molecule has 3 aliphatic rings. The molecule has 0 spiro atoms. The number of amides is 1. The van der Waals surface area contributed by atoms with Crippen molar-refractivity contribution in [2.45, 2.75) is 44.6 Å². The highest BCUT2D eigenvalue weighted by Crippen LogP contribution is 2.47. The number of halogens is 2. The van der Waals surface area contributed by atoms with Crippen LogP contribution in [0.15, 0.2) is 42.6 Å². The molecule has 194 valence electrons. The van der Waals surface area contributed by atoms with Crippen molar-refractivity contribution in [1.82, 2.24) is 24.8 Å². The lowest BCUT2D eigenvalue weighted by atomic mass is 9.97. The van der Waals surface area contributed by atoms with E-state index in [1.54, 1.807) is 25.3 Å². The van der Waals surface area contributed by atoms with Crippen LogP contribution < -0.4 is 15.0 Å². The molecule has 9 nitrogen and oxygen atoms in total. The average Bonchev–Trinajstić information content (AvgIpc) is 3.34. The van der Waals surface area contributed by atoms with E-state index in [2.05, 4.69) is 15.3 Å². The molecule has 2 aromatic heterocycles. The maximum atomic E-state index is 13.3. The van der Waals surface area contributed by atoms with Crippen molar-refractivity contribution < 1.29 is 23.4 Å². The first-order chi connectivity index (χ1) is 18.2. The Bertz CT molecular complexity index is 1630. The average molecular weight is 519 g/mol. The Balaban J connectivity index is 1.33. The number of hydrogen-bond donors (Lipinski definition) is 2. The fourth-order valence-corrected chi connectivity index (χ4v) is 5.99. The second-order valence-corrected chi connectivity index (χ2v) is 10.4. The molecule has 0 radical (unpaired) electrons. The van der Waals surface area contributed by atoms with E-state index >= 15 is 0 Å². The second-order valence-electron chi connectivity index (χ2n) is 10.4. The van der Waals surface area contributed by atoms with Gasteiger partial charge in [-0.25, -0.2) is 15.0 Å². The topological polar surface area (TPSA) is 105 Å². The van der Waals surface area contributed by atoms with Crippen LogP contribution in [0.4, 0.5) is 14.7 Å². The predicted octanol–water partition coefficient (Wildman–Crippen LogP) is 3.75. The maximum Gasteiger partial charge on any atom is 0.387 e. The van der Waals surface area contributed by atoms with Crippen molar-refractivity contribution in [3.05, 3.63) is 65.2 Å². The highest BCUT2D eigenvalue weighted by Gasteiger charge is 2.42. The van der Waals surface area contributed by atoms with Gasteiger partial charge in [0.25, 0.3) is 5.91 Å². The highest BCUT2D eigenvalue weighted by atomic mass is 19.3. The third kappa shape index (κ3) is 3.45. The Morgan fingerprint density at radius 1 is 1.18 bits per heavy atom. The minimum atomic E-state index is -3.01. The Morgan fingerprint density at radius 2 is 2.00 bits per heavy atom. The van der Waals surface area contributed by atoms with Crippen molar-refractivity contribution in [2.75, 3.05) is 18.0 Å². The lowest BCUT2D eigenvalue weighted by Gasteiger charge is -2.44. The van der Waals surface area contributed by atoms with Crippen LogP contribution in [-0.4, -0.2) is 55.8 Å². The van der Waals surface area contributed by atoms with E-state index in [0.29, 0.717) is 42.4 Å². The van der Waals surface area contributed by atoms with Crippen molar-refractivity contribution >= 4 is 22.9 Å². The number of aryl methyl sites for hydroxylation is 1. The van der Waals surface area contributed by atoms with Crippen molar-refractivity contribution in [3.63, 3.8) is 0 Å². The summed E-state index contributed by atoms with van der Waals surface area (Å²) < 4.78 is 33.4. The van der Waals surface area contributed by atoms with E-state index in [1.807, 2.05) is 34.6 Å². The lowest BCUT2D eigenvalue weighted by molar-refractivity contribution is -0.0507. The number of aliphatic hydroxyl groups is 1. The van der Waals surface area contributed by atoms with Gasteiger partial charge in [-0.3, -0.25) is 4.79 Å². The van der Waals surface area contributed by atoms with Crippen LogP contribution in [0.1, 0.15) is 52.9 Å². The number of anilines is 1. The van der Waals surface area contributed by atoms with Gasteiger partial charge in [-0.2, -0.15) is 8.78 Å². The molecule has 1 saturated heterocycles. The van der Waals surface area contributed by atoms with Gasteiger partial charge < -0.3 is 24.6 Å². The van der Waals surface area contributed by atoms with E-state index in [-0.39, 0.29) is 17.7 Å². The van der Waals surface area contributed by atoms with Crippen LogP contribution in [-0.2, 0) is 0 Å². The van der Waals surface area contributed by atoms with Gasteiger partial charge in [0.15, 0.2) is 0 Å². The summed E-state index contributed by atoms with van der Waals surface area (Å²) in [4.78, 5) is 28.9. The first kappa shape index (κ1) is 23.0. The smallest absolute Gasteiger partial charge is 0.387 e. The number of imidazole rings is 1. The fraction of sp³-hybridized carbons (Fsp3) is 0.333. The van der Waals surface area contributed by atoms with Crippen LogP contribution in [0, 0.1) is 6.92 Å². The zero-order valence-electron chi connectivity index (χ0n) is 20.7. The number of carbonyl (C=O) groups is 1. The number of ether oxygens (including phenoxy) is 1. The molecule has 2 N–H and O–H groups in total. The maximum absolute atomic E-state index is 13.3. The Kier molecular flexibility index (Phi) is 4.81. The van der Waals surface area contributed by atoms with Gasteiger partial charge in [0.2, 0.25) is 5.95 Å². The quantitative estimate of drug-likeness (QED) is 0.424. The number of rotatable bonds is 4. The molecule has 0 saturated carbocycles. The first-order valence-corrected chi connectivity index (χ1v) is 12.4. The summed E-state index contributed by atoms with van der Waals surface area (Å²) in [6, 6.07) is 9.76. The summed E-state index contributed by atoms with van der Waals surface area (Å²) in [6.07, 6.45) is 2.27. The van der Waals surface area contributed by atoms with E-state index in [9.17, 15) is 18.7 Å². The lowest BCUT2D eigenvalue weighted by Crippen LogP contribution is -2.60. The third-order valence-corrected chi connectivity index (χ3v) is 7.59. The minimum absolute atomic E-state index is 0.00559. The van der Waals surface area contributed by atoms with Gasteiger partial charge >= 0.3 is 6.61 Å². The number of aromatic nitrogens is 4. The number of alkyl halides is 2. The first-order valence-electron chi connectivity index (χ1n) is 12.4. The number of carbonyl (C=O) groups excluding carboxylic acids is 1. The SMILES string of the molecule is Cc1nc(N2CC(C)(O)C2)ncc1-c1ccc2nc3n(c2c1)[C@@H]1C[C@H]3NC(=O)c2cccc(OC(F)F)c21. The molecule has 7 rings (SSSR count). The molecular formula is C27H24F2N6O3. The summed E-state index contributed by atoms with van der Waals surface area (Å²) >= 11 is 0. The highest BCUT2D eigenvalue weighted by molar-refractivity contribution is 5.98. The molecule has 2 atom stereocenters. The molecular weight excluding hydrogens is 494 g/mol. The molecule has 1 fully saturated rings. The number of hydrogen-bond acceptors (Lipinski definition) is 7. The van der Waals surface area contributed by atoms with Crippen LogP contribution in [0.2, 0.25) is 0 Å². The number of β-amino-alcohol motifs (C(OH)–C–C–N with tert-alkyl or cyclic N) is 1. The monoisotopic (exact) mass is 518 g/mol. The largest absolute Gasteiger partial charge is 0.434 e. The summed E-state index contributed by atoms with van der Waals surface area (Å²) in [5.41, 5.74) is 4.13. The van der Waals surface area contributed by atoms with Crippen molar-refractivity contribution in [2.24, 2.45) is 0 Å². The fourth-order valence-electron chi connectivity index (χ4n) is 5.99. The number of nitrogens with zero attached hydrogens (tertiary/aromatic N) is 5. The van der Waals surface area contributed by atoms with Crippen LogP contribution in [0.25, 0.3) is 22.2 Å². The van der Waals surface area contributed by atoms with E-state index in [0.717, 1.165) is 27.9 Å². The summed E-state index contributed by atoms with van der Waals surface area (Å²) in [5.74, 6) is 0.922. The van der Waals surface area contributed by atoms with Crippen LogP contribution in [0.3, 0.4) is 0 Å². The third-order valence-electron chi connectivity index (χ3n) is 7.59. The van der Waals surface area contributed by atoms with Gasteiger partial charge in [0.1, 0.15) is 11.6 Å². The molecule has 5 heterocycles. The van der Waals surface area contributed by atoms with Gasteiger partial charge in [0.05, 0.1) is 47.5 Å². The molecule has 4 aromatic rings. The summed E-state index contributed by atoms with van der Waals surface area (Å²) in [6.45, 7) is 1.66. The van der Waals surface area contributed by atoms with Crippen LogP contribution >= 0.6 is 0 Å². The standard InChI is InChI=1S/C27H24F2N6O3/c1-13-16(10-30-26(31-13)34-11-27(2,37)12-34)14-6-7-17-19(8-14)35-20-9-18(23(35)32-17)33-24(36)15-4-3-5-21(22(15)20)38-25(28)29/h3-8,10,18,20,25,37H,9,11-12H2,1-2H3,(H,33,36)/t18-,20-/m1/s1. The Hall–Kier alpha value is -4.12. The van der Waals surface area contributed by atoms with Crippen molar-refractivity contribution in [1.29, 1.82) is 0 Å². The molecule has 2 bridgehead atoms. The summed E-state index contributed by atoms with van der Waals surface area (Å²) in [5, 5.41) is 13.1. The number of fused-ring (bicyclic) bond motifs is 9. The number of benzene rings is 2. The molecule has 38 heavy (non-hydrogen) atoms. The van der Waals surface area contributed by atoms with Gasteiger partial charge in [0, 0.05) is 22.9 Å². The number of nitrogens with one attached hydrogen (secondary N) is 1. The summed E-state index contributed by atoms with van der Waals surface area (Å²) in [7, 11) is 0. The zero-order valence-corrected chi connectivity index (χ0v) is 20.7. The molecule has 2 aromatic carbocycles. The van der Waals surface area contributed by atoms with E-state index in [4.69, 9.17) is 9.72 Å². The normalized spacial score (nSPS) is 21.1. The molecule has 0 unspecified atom stereocenters. The minimum Gasteiger partial charge on any atom is -0.434 e. The van der Waals surface area contributed by atoms with Gasteiger partial charge in [-0.15, -0.1) is 0 Å². The molecule has 3 aliphatic heterocycles. The van der Waals surface area contributed by atoms with Gasteiger partial charge in [-0.05, 0) is 50.1 Å². The Morgan fingerprint density at radius 3 is 2.74 bits per heavy atom. The molecule has 0 aliphatic carbocycles. The second kappa shape index (κ2) is 7.94. The van der Waals surface area contributed by atoms with E-state index < -0.39 is 18.3 Å². The molecule has 11 heteroatoms. The zero-order chi connectivity index (χ0) is 26.3. The Labute approximate surface area is 216 Å². The van der Waals surface area contributed by atoms with E-state index in [1.165, 1.54) is 6.07 Å². The van der Waals surface area contributed by atoms with Crippen LogP contribution in [0.5, 0.6) is 5.75 Å². The molecule has 1 amide bonds. The predicted molar refractivity (Wildman–Crippen MR) is 134 cm³/mol.